The fraction of sp³-hybridized carbons (Fsp3) is 0.444. The number of hydrogen-bond donors (Lipinski definition) is 1. The van der Waals surface area contributed by atoms with E-state index in [0.29, 0.717) is 12.5 Å². The van der Waals surface area contributed by atoms with Crippen LogP contribution < -0.4 is 10.6 Å². The van der Waals surface area contributed by atoms with Gasteiger partial charge in [0.25, 0.3) is 0 Å². The van der Waals surface area contributed by atoms with Gasteiger partial charge in [-0.3, -0.25) is 0 Å². The Kier molecular flexibility index (Phi) is 8.59. The molecule has 2 heterocycles. The van der Waals surface area contributed by atoms with Gasteiger partial charge in [-0.05, 0) is 31.2 Å². The molecule has 3 rings (SSSR count). The maximum atomic E-state index is 6.18. The number of halogens is 2. The molecular weight excluding hydrogens is 497 g/mol. The number of rotatable bonds is 5. The number of piperazine rings is 1. The first kappa shape index (κ1) is 22.2. The molecule has 1 aromatic heterocycles. The zero-order chi connectivity index (χ0) is 18.5. The molecule has 1 saturated heterocycles. The molecule has 2 aromatic rings. The Morgan fingerprint density at radius 1 is 1.30 bits per heavy atom. The quantitative estimate of drug-likeness (QED) is 0.369. The van der Waals surface area contributed by atoms with Gasteiger partial charge in [-0.1, -0.05) is 11.6 Å². The highest BCUT2D eigenvalue weighted by Crippen LogP contribution is 2.21. The normalized spacial score (nSPS) is 16.2. The van der Waals surface area contributed by atoms with Crippen molar-refractivity contribution < 1.29 is 4.74 Å². The molecule has 0 aliphatic carbocycles. The lowest BCUT2D eigenvalue weighted by Crippen LogP contribution is -2.51. The summed E-state index contributed by atoms with van der Waals surface area (Å²) >= 11 is 7.55. The van der Waals surface area contributed by atoms with E-state index in [-0.39, 0.29) is 30.1 Å². The van der Waals surface area contributed by atoms with Crippen molar-refractivity contribution in [1.29, 1.82) is 0 Å². The Labute approximate surface area is 186 Å². The smallest absolute Gasteiger partial charge is 0.191 e. The summed E-state index contributed by atoms with van der Waals surface area (Å²) in [6, 6.07) is 7.95. The standard InChI is InChI=1S/C18H24ClN5OS.HI/c1-13(25-2)17-22-15(12-26-17)11-21-18(20)24-9-7-23(8-10-24)16-5-3-14(19)4-6-16;/h3-6,12-13H,7-11H2,1-2H3,(H2,20,21);1H. The summed E-state index contributed by atoms with van der Waals surface area (Å²) in [5, 5.41) is 3.74. The number of nitrogens with zero attached hydrogens (tertiary/aromatic N) is 4. The van der Waals surface area contributed by atoms with Crippen molar-refractivity contribution in [2.75, 3.05) is 38.2 Å². The third-order valence-electron chi connectivity index (χ3n) is 4.47. The second kappa shape index (κ2) is 10.4. The molecule has 148 valence electrons. The molecule has 1 aliphatic rings. The van der Waals surface area contributed by atoms with Gasteiger partial charge in [0.15, 0.2) is 5.96 Å². The van der Waals surface area contributed by atoms with E-state index in [9.17, 15) is 0 Å². The van der Waals surface area contributed by atoms with E-state index in [0.717, 1.165) is 41.9 Å². The first-order chi connectivity index (χ1) is 12.6. The van der Waals surface area contributed by atoms with Crippen molar-refractivity contribution in [3.63, 3.8) is 0 Å². The van der Waals surface area contributed by atoms with Crippen LogP contribution in [0.25, 0.3) is 0 Å². The van der Waals surface area contributed by atoms with Crippen LogP contribution in [0.2, 0.25) is 5.02 Å². The number of nitrogens with two attached hydrogens (primary N) is 1. The molecule has 0 bridgehead atoms. The predicted octanol–water partition coefficient (Wildman–Crippen LogP) is 3.76. The van der Waals surface area contributed by atoms with E-state index in [4.69, 9.17) is 22.1 Å². The summed E-state index contributed by atoms with van der Waals surface area (Å²) in [4.78, 5) is 13.5. The number of guanidine groups is 1. The number of benzene rings is 1. The average Bonchev–Trinajstić information content (AvgIpc) is 3.15. The fourth-order valence-corrected chi connectivity index (χ4v) is 3.76. The van der Waals surface area contributed by atoms with Crippen molar-refractivity contribution in [3.05, 3.63) is 45.4 Å². The van der Waals surface area contributed by atoms with Gasteiger partial charge >= 0.3 is 0 Å². The Morgan fingerprint density at radius 2 is 1.96 bits per heavy atom. The second-order valence-corrected chi connectivity index (χ2v) is 7.51. The molecule has 1 aromatic carbocycles. The van der Waals surface area contributed by atoms with Crippen LogP contribution in [-0.4, -0.2) is 49.1 Å². The number of aliphatic imine (C=N–C) groups is 1. The predicted molar refractivity (Wildman–Crippen MR) is 124 cm³/mol. The molecule has 0 radical (unpaired) electrons. The summed E-state index contributed by atoms with van der Waals surface area (Å²) in [5.74, 6) is 0.579. The molecule has 27 heavy (non-hydrogen) atoms. The van der Waals surface area contributed by atoms with Crippen molar-refractivity contribution in [2.45, 2.75) is 19.6 Å². The summed E-state index contributed by atoms with van der Waals surface area (Å²) in [6.45, 7) is 5.99. The van der Waals surface area contributed by atoms with E-state index >= 15 is 0 Å². The molecule has 0 saturated carbocycles. The van der Waals surface area contributed by atoms with Gasteiger partial charge < -0.3 is 20.3 Å². The Bertz CT molecular complexity index is 746. The first-order valence-corrected chi connectivity index (χ1v) is 9.85. The lowest BCUT2D eigenvalue weighted by atomic mass is 10.2. The van der Waals surface area contributed by atoms with Crippen LogP contribution in [-0.2, 0) is 11.3 Å². The molecule has 2 N–H and O–H groups in total. The number of methoxy groups -OCH3 is 1. The minimum absolute atomic E-state index is 0. The first-order valence-electron chi connectivity index (χ1n) is 8.59. The number of aromatic nitrogens is 1. The van der Waals surface area contributed by atoms with Gasteiger partial charge in [-0.2, -0.15) is 0 Å². The third kappa shape index (κ3) is 5.94. The molecule has 0 spiro atoms. The monoisotopic (exact) mass is 521 g/mol. The van der Waals surface area contributed by atoms with E-state index in [1.807, 2.05) is 24.4 Å². The molecule has 0 amide bonds. The van der Waals surface area contributed by atoms with Crippen LogP contribution in [0.1, 0.15) is 23.7 Å². The molecular formula is C18H25ClIN5OS. The van der Waals surface area contributed by atoms with E-state index in [1.165, 1.54) is 5.69 Å². The van der Waals surface area contributed by atoms with E-state index < -0.39 is 0 Å². The van der Waals surface area contributed by atoms with Crippen LogP contribution in [0.15, 0.2) is 34.6 Å². The molecule has 1 aliphatic heterocycles. The Morgan fingerprint density at radius 3 is 2.59 bits per heavy atom. The van der Waals surface area contributed by atoms with Gasteiger partial charge in [0, 0.05) is 49.4 Å². The van der Waals surface area contributed by atoms with E-state index in [2.05, 4.69) is 31.9 Å². The van der Waals surface area contributed by atoms with Crippen LogP contribution in [0.4, 0.5) is 5.69 Å². The van der Waals surface area contributed by atoms with Crippen molar-refractivity contribution in [3.8, 4) is 0 Å². The number of thiazole rings is 1. The van der Waals surface area contributed by atoms with Gasteiger partial charge in [-0.15, -0.1) is 35.3 Å². The fourth-order valence-electron chi connectivity index (χ4n) is 2.79. The van der Waals surface area contributed by atoms with Gasteiger partial charge in [0.2, 0.25) is 0 Å². The molecule has 1 atom stereocenters. The molecule has 1 unspecified atom stereocenters. The Balaban J connectivity index is 0.00000261. The van der Waals surface area contributed by atoms with Crippen LogP contribution in [0.3, 0.4) is 0 Å². The summed E-state index contributed by atoms with van der Waals surface area (Å²) in [5.41, 5.74) is 8.30. The zero-order valence-electron chi connectivity index (χ0n) is 15.5. The summed E-state index contributed by atoms with van der Waals surface area (Å²) in [7, 11) is 1.69. The maximum Gasteiger partial charge on any atom is 0.191 e. The number of hydrogen-bond acceptors (Lipinski definition) is 5. The molecule has 9 heteroatoms. The second-order valence-electron chi connectivity index (χ2n) is 6.18. The highest BCUT2D eigenvalue weighted by molar-refractivity contribution is 14.0. The highest BCUT2D eigenvalue weighted by atomic mass is 127. The van der Waals surface area contributed by atoms with Crippen LogP contribution >= 0.6 is 46.9 Å². The summed E-state index contributed by atoms with van der Waals surface area (Å²) < 4.78 is 5.29. The summed E-state index contributed by atoms with van der Waals surface area (Å²) in [6.07, 6.45) is 0.0102. The lowest BCUT2D eigenvalue weighted by molar-refractivity contribution is 0.119. The van der Waals surface area contributed by atoms with Crippen molar-refractivity contribution in [1.82, 2.24) is 9.88 Å². The molecule has 6 nitrogen and oxygen atoms in total. The lowest BCUT2D eigenvalue weighted by Gasteiger charge is -2.36. The van der Waals surface area contributed by atoms with E-state index in [1.54, 1.807) is 18.4 Å². The van der Waals surface area contributed by atoms with Gasteiger partial charge in [0.1, 0.15) is 11.1 Å². The van der Waals surface area contributed by atoms with Crippen LogP contribution in [0.5, 0.6) is 0 Å². The third-order valence-corrected chi connectivity index (χ3v) is 5.78. The SMILES string of the molecule is COC(C)c1nc(CN=C(N)N2CCN(c3ccc(Cl)cc3)CC2)cs1.I. The Hall–Kier alpha value is -1.10. The van der Waals surface area contributed by atoms with Gasteiger partial charge in [0.05, 0.1) is 12.2 Å². The van der Waals surface area contributed by atoms with Crippen molar-refractivity contribution in [2.24, 2.45) is 10.7 Å². The zero-order valence-corrected chi connectivity index (χ0v) is 19.4. The molecule has 1 fully saturated rings. The number of ether oxygens (including phenoxy) is 1. The topological polar surface area (TPSA) is 67.0 Å². The van der Waals surface area contributed by atoms with Crippen LogP contribution in [0, 0.1) is 0 Å². The van der Waals surface area contributed by atoms with Crippen molar-refractivity contribution >= 4 is 58.6 Å². The van der Waals surface area contributed by atoms with Gasteiger partial charge in [-0.25, -0.2) is 9.98 Å². The number of anilines is 1. The minimum atomic E-state index is 0. The minimum Gasteiger partial charge on any atom is -0.375 e. The largest absolute Gasteiger partial charge is 0.375 e. The average molecular weight is 522 g/mol. The highest BCUT2D eigenvalue weighted by Gasteiger charge is 2.18. The maximum absolute atomic E-state index is 6.18.